The molecule has 0 spiro atoms. The Kier molecular flexibility index (Phi) is 4.23. The predicted molar refractivity (Wildman–Crippen MR) is 75.7 cm³/mol. The zero-order valence-corrected chi connectivity index (χ0v) is 11.2. The predicted octanol–water partition coefficient (Wildman–Crippen LogP) is 2.48. The normalized spacial score (nSPS) is 23.7. The van der Waals surface area contributed by atoms with Crippen LogP contribution in [-0.2, 0) is 0 Å². The lowest BCUT2D eigenvalue weighted by atomic mass is 9.87. The number of nitrogen functional groups attached to an aromatic ring is 1. The summed E-state index contributed by atoms with van der Waals surface area (Å²) in [5.74, 6) is 2.80. The number of nitrogens with two attached hydrogens (primary N) is 1. The first-order valence-electron chi connectivity index (χ1n) is 6.82. The van der Waals surface area contributed by atoms with Gasteiger partial charge in [-0.3, -0.25) is 0 Å². The van der Waals surface area contributed by atoms with Gasteiger partial charge in [0.2, 0.25) is 5.95 Å². The summed E-state index contributed by atoms with van der Waals surface area (Å²) in [6, 6.07) is 2.45. The molecule has 0 radical (unpaired) electrons. The zero-order valence-electron chi connectivity index (χ0n) is 11.2. The maximum Gasteiger partial charge on any atom is 0.223 e. The van der Waals surface area contributed by atoms with Crippen molar-refractivity contribution in [1.82, 2.24) is 9.97 Å². The van der Waals surface area contributed by atoms with E-state index >= 15 is 0 Å². The Balaban J connectivity index is 2.00. The highest BCUT2D eigenvalue weighted by Gasteiger charge is 2.18. The maximum absolute atomic E-state index is 5.71. The van der Waals surface area contributed by atoms with Gasteiger partial charge in [-0.15, -0.1) is 0 Å². The molecule has 1 saturated carbocycles. The largest absolute Gasteiger partial charge is 0.370 e. The lowest BCUT2D eigenvalue weighted by Crippen LogP contribution is -2.26. The van der Waals surface area contributed by atoms with Gasteiger partial charge in [0, 0.05) is 18.7 Å². The van der Waals surface area contributed by atoms with Crippen LogP contribution >= 0.6 is 0 Å². The monoisotopic (exact) mass is 249 g/mol. The minimum Gasteiger partial charge on any atom is -0.370 e. The summed E-state index contributed by atoms with van der Waals surface area (Å²) in [5.41, 5.74) is 5.71. The molecule has 5 nitrogen and oxygen atoms in total. The fourth-order valence-corrected chi connectivity index (χ4v) is 2.43. The summed E-state index contributed by atoms with van der Waals surface area (Å²) in [7, 11) is 0. The molecule has 4 N–H and O–H groups in total. The van der Waals surface area contributed by atoms with Crippen molar-refractivity contribution in [2.45, 2.75) is 45.6 Å². The third-order valence-electron chi connectivity index (χ3n) is 3.47. The Morgan fingerprint density at radius 1 is 1.22 bits per heavy atom. The molecular weight excluding hydrogens is 226 g/mol. The molecule has 100 valence electrons. The van der Waals surface area contributed by atoms with E-state index in [1.54, 1.807) is 0 Å². The SMILES string of the molecule is CCNc1cc(NC2CCC(C)CC2)nc(N)n1. The standard InChI is InChI=1S/C13H23N5/c1-3-15-11-8-12(18-13(14)17-11)16-10-6-4-9(2)5-7-10/h8-10H,3-7H2,1-2H3,(H4,14,15,16,17,18). The highest BCUT2D eigenvalue weighted by Crippen LogP contribution is 2.26. The van der Waals surface area contributed by atoms with Crippen LogP contribution in [0.5, 0.6) is 0 Å². The van der Waals surface area contributed by atoms with Crippen molar-refractivity contribution in [2.24, 2.45) is 5.92 Å². The molecule has 2 rings (SSSR count). The highest BCUT2D eigenvalue weighted by molar-refractivity contribution is 5.51. The van der Waals surface area contributed by atoms with Gasteiger partial charge in [-0.05, 0) is 38.5 Å². The van der Waals surface area contributed by atoms with Gasteiger partial charge in [0.25, 0.3) is 0 Å². The van der Waals surface area contributed by atoms with Crippen LogP contribution in [0.1, 0.15) is 39.5 Å². The quantitative estimate of drug-likeness (QED) is 0.764. The second-order valence-corrected chi connectivity index (χ2v) is 5.13. The van der Waals surface area contributed by atoms with E-state index in [1.165, 1.54) is 25.7 Å². The van der Waals surface area contributed by atoms with Gasteiger partial charge in [0.1, 0.15) is 11.6 Å². The van der Waals surface area contributed by atoms with Crippen LogP contribution in [0.4, 0.5) is 17.6 Å². The van der Waals surface area contributed by atoms with Gasteiger partial charge in [-0.2, -0.15) is 9.97 Å². The average molecular weight is 249 g/mol. The van der Waals surface area contributed by atoms with Gasteiger partial charge < -0.3 is 16.4 Å². The topological polar surface area (TPSA) is 75.9 Å². The van der Waals surface area contributed by atoms with E-state index in [0.717, 1.165) is 24.1 Å². The van der Waals surface area contributed by atoms with Gasteiger partial charge in [0.05, 0.1) is 0 Å². The van der Waals surface area contributed by atoms with Gasteiger partial charge in [-0.25, -0.2) is 0 Å². The summed E-state index contributed by atoms with van der Waals surface area (Å²) in [4.78, 5) is 8.39. The Morgan fingerprint density at radius 2 is 1.89 bits per heavy atom. The first-order chi connectivity index (χ1) is 8.67. The van der Waals surface area contributed by atoms with Crippen molar-refractivity contribution >= 4 is 17.6 Å². The molecule has 1 aromatic heterocycles. The molecule has 0 amide bonds. The summed E-state index contributed by atoms with van der Waals surface area (Å²) >= 11 is 0. The van der Waals surface area contributed by atoms with E-state index in [1.807, 2.05) is 13.0 Å². The van der Waals surface area contributed by atoms with E-state index in [0.29, 0.717) is 12.0 Å². The minimum absolute atomic E-state index is 0.320. The number of hydrogen-bond donors (Lipinski definition) is 3. The van der Waals surface area contributed by atoms with Crippen LogP contribution < -0.4 is 16.4 Å². The molecular formula is C13H23N5. The summed E-state index contributed by atoms with van der Waals surface area (Å²) < 4.78 is 0. The molecule has 0 unspecified atom stereocenters. The Bertz CT molecular complexity index is 385. The van der Waals surface area contributed by atoms with Gasteiger partial charge in [0.15, 0.2) is 0 Å². The third kappa shape index (κ3) is 3.48. The zero-order chi connectivity index (χ0) is 13.0. The van der Waals surface area contributed by atoms with Gasteiger partial charge in [-0.1, -0.05) is 6.92 Å². The summed E-state index contributed by atoms with van der Waals surface area (Å²) in [5, 5.41) is 6.63. The number of hydrogen-bond acceptors (Lipinski definition) is 5. The van der Waals surface area contributed by atoms with Crippen molar-refractivity contribution in [2.75, 3.05) is 22.9 Å². The van der Waals surface area contributed by atoms with Crippen LogP contribution in [0.2, 0.25) is 0 Å². The third-order valence-corrected chi connectivity index (χ3v) is 3.47. The molecule has 0 bridgehead atoms. The maximum atomic E-state index is 5.71. The van der Waals surface area contributed by atoms with Crippen LogP contribution in [0, 0.1) is 5.92 Å². The molecule has 1 aliphatic carbocycles. The van der Waals surface area contributed by atoms with Crippen molar-refractivity contribution in [3.63, 3.8) is 0 Å². The Hall–Kier alpha value is -1.52. The molecule has 1 fully saturated rings. The van der Waals surface area contributed by atoms with E-state index in [4.69, 9.17) is 5.73 Å². The summed E-state index contributed by atoms with van der Waals surface area (Å²) in [6.07, 6.45) is 5.00. The molecule has 1 aliphatic rings. The molecule has 0 aliphatic heterocycles. The smallest absolute Gasteiger partial charge is 0.223 e. The second kappa shape index (κ2) is 5.89. The number of nitrogens with one attached hydrogen (secondary N) is 2. The molecule has 1 heterocycles. The second-order valence-electron chi connectivity index (χ2n) is 5.13. The lowest BCUT2D eigenvalue weighted by molar-refractivity contribution is 0.361. The van der Waals surface area contributed by atoms with Crippen LogP contribution in [0.15, 0.2) is 6.07 Å². The molecule has 0 atom stereocenters. The fourth-order valence-electron chi connectivity index (χ4n) is 2.43. The van der Waals surface area contributed by atoms with Crippen LogP contribution in [-0.4, -0.2) is 22.6 Å². The molecule has 0 saturated heterocycles. The van der Waals surface area contributed by atoms with E-state index in [9.17, 15) is 0 Å². The lowest BCUT2D eigenvalue weighted by Gasteiger charge is -2.27. The van der Waals surface area contributed by atoms with Crippen molar-refractivity contribution in [3.05, 3.63) is 6.07 Å². The Morgan fingerprint density at radius 3 is 2.56 bits per heavy atom. The van der Waals surface area contributed by atoms with Gasteiger partial charge >= 0.3 is 0 Å². The first kappa shape index (κ1) is 12.9. The number of rotatable bonds is 4. The van der Waals surface area contributed by atoms with Crippen molar-refractivity contribution in [3.8, 4) is 0 Å². The number of aromatic nitrogens is 2. The minimum atomic E-state index is 0.320. The molecule has 18 heavy (non-hydrogen) atoms. The molecule has 0 aromatic carbocycles. The highest BCUT2D eigenvalue weighted by atomic mass is 15.1. The van der Waals surface area contributed by atoms with E-state index < -0.39 is 0 Å². The van der Waals surface area contributed by atoms with Crippen LogP contribution in [0.25, 0.3) is 0 Å². The van der Waals surface area contributed by atoms with E-state index in [2.05, 4.69) is 27.5 Å². The van der Waals surface area contributed by atoms with Crippen molar-refractivity contribution in [1.29, 1.82) is 0 Å². The summed E-state index contributed by atoms with van der Waals surface area (Å²) in [6.45, 7) is 5.19. The fraction of sp³-hybridized carbons (Fsp3) is 0.692. The molecule has 1 aromatic rings. The number of nitrogens with zero attached hydrogens (tertiary/aromatic N) is 2. The first-order valence-corrected chi connectivity index (χ1v) is 6.82. The van der Waals surface area contributed by atoms with E-state index in [-0.39, 0.29) is 0 Å². The average Bonchev–Trinajstić information content (AvgIpc) is 2.32. The molecule has 5 heteroatoms. The number of anilines is 3. The Labute approximate surface area is 109 Å². The van der Waals surface area contributed by atoms with Crippen molar-refractivity contribution < 1.29 is 0 Å². The van der Waals surface area contributed by atoms with Crippen LogP contribution in [0.3, 0.4) is 0 Å².